The van der Waals surface area contributed by atoms with Gasteiger partial charge in [0.2, 0.25) is 5.91 Å². The van der Waals surface area contributed by atoms with Crippen LogP contribution < -0.4 is 5.32 Å². The standard InChI is InChI=1S/C18H13F2NO4/c19-10-3-1-9(2-4-10)8-21-18(25)14-12-6-5-11(20)7-13(12)15(22)17(24)16(14)23/h1-7,14,17,24H,8H2,(H,21,25). The lowest BCUT2D eigenvalue weighted by Crippen LogP contribution is -2.45. The quantitative estimate of drug-likeness (QED) is 0.826. The Labute approximate surface area is 141 Å². The van der Waals surface area contributed by atoms with E-state index in [-0.39, 0.29) is 17.7 Å². The van der Waals surface area contributed by atoms with Crippen molar-refractivity contribution in [1.29, 1.82) is 0 Å². The van der Waals surface area contributed by atoms with Crippen molar-refractivity contribution >= 4 is 17.5 Å². The van der Waals surface area contributed by atoms with Gasteiger partial charge in [-0.15, -0.1) is 0 Å². The Morgan fingerprint density at radius 1 is 1.04 bits per heavy atom. The topological polar surface area (TPSA) is 83.5 Å². The fourth-order valence-electron chi connectivity index (χ4n) is 2.75. The summed E-state index contributed by atoms with van der Waals surface area (Å²) in [7, 11) is 0. The van der Waals surface area contributed by atoms with Crippen molar-refractivity contribution in [1.82, 2.24) is 5.32 Å². The molecule has 0 bridgehead atoms. The molecule has 0 aromatic heterocycles. The highest BCUT2D eigenvalue weighted by molar-refractivity contribution is 6.24. The van der Waals surface area contributed by atoms with Gasteiger partial charge in [0.1, 0.15) is 17.6 Å². The molecule has 2 unspecified atom stereocenters. The number of aliphatic hydroxyl groups excluding tert-OH is 1. The summed E-state index contributed by atoms with van der Waals surface area (Å²) in [6.45, 7) is 0.0312. The molecule has 2 aromatic rings. The van der Waals surface area contributed by atoms with Crippen LogP contribution >= 0.6 is 0 Å². The molecule has 0 spiro atoms. The number of fused-ring (bicyclic) bond motifs is 1. The van der Waals surface area contributed by atoms with E-state index < -0.39 is 41.1 Å². The lowest BCUT2D eigenvalue weighted by Gasteiger charge is -2.26. The van der Waals surface area contributed by atoms with Crippen LogP contribution in [0.25, 0.3) is 0 Å². The van der Waals surface area contributed by atoms with E-state index in [4.69, 9.17) is 0 Å². The number of carbonyl (C=O) groups is 3. The van der Waals surface area contributed by atoms with Crippen molar-refractivity contribution in [2.45, 2.75) is 18.6 Å². The van der Waals surface area contributed by atoms with Gasteiger partial charge >= 0.3 is 0 Å². The van der Waals surface area contributed by atoms with Crippen LogP contribution in [0.3, 0.4) is 0 Å². The van der Waals surface area contributed by atoms with Gasteiger partial charge < -0.3 is 10.4 Å². The minimum atomic E-state index is -2.00. The molecule has 1 amide bonds. The highest BCUT2D eigenvalue weighted by Crippen LogP contribution is 2.30. The molecule has 2 atom stereocenters. The third kappa shape index (κ3) is 3.18. The van der Waals surface area contributed by atoms with E-state index in [1.54, 1.807) is 0 Å². The zero-order chi connectivity index (χ0) is 18.1. The van der Waals surface area contributed by atoms with Crippen molar-refractivity contribution in [2.24, 2.45) is 0 Å². The van der Waals surface area contributed by atoms with Crippen molar-refractivity contribution in [3.8, 4) is 0 Å². The van der Waals surface area contributed by atoms with Crippen LogP contribution in [0, 0.1) is 11.6 Å². The monoisotopic (exact) mass is 345 g/mol. The molecule has 0 aliphatic heterocycles. The molecule has 5 nitrogen and oxygen atoms in total. The lowest BCUT2D eigenvalue weighted by molar-refractivity contribution is -0.134. The Bertz CT molecular complexity index is 864. The lowest BCUT2D eigenvalue weighted by atomic mass is 9.79. The number of amides is 1. The smallest absolute Gasteiger partial charge is 0.235 e. The second-order valence-corrected chi connectivity index (χ2v) is 5.68. The van der Waals surface area contributed by atoms with Gasteiger partial charge in [0.15, 0.2) is 17.7 Å². The summed E-state index contributed by atoms with van der Waals surface area (Å²) < 4.78 is 26.3. The third-order valence-corrected chi connectivity index (χ3v) is 4.04. The number of ketones is 2. The molecular weight excluding hydrogens is 332 g/mol. The molecule has 2 aromatic carbocycles. The van der Waals surface area contributed by atoms with E-state index in [0.29, 0.717) is 5.56 Å². The highest BCUT2D eigenvalue weighted by Gasteiger charge is 2.43. The Morgan fingerprint density at radius 2 is 1.68 bits per heavy atom. The van der Waals surface area contributed by atoms with E-state index in [0.717, 1.165) is 12.1 Å². The molecule has 3 rings (SSSR count). The van der Waals surface area contributed by atoms with Crippen LogP contribution in [0.4, 0.5) is 8.78 Å². The Kier molecular flexibility index (Phi) is 4.41. The SMILES string of the molecule is O=C1c2cc(F)ccc2C(C(=O)NCc2ccc(F)cc2)C(=O)C1O. The first-order chi connectivity index (χ1) is 11.9. The minimum Gasteiger partial charge on any atom is -0.377 e. The van der Waals surface area contributed by atoms with Gasteiger partial charge in [0, 0.05) is 12.1 Å². The van der Waals surface area contributed by atoms with Crippen molar-refractivity contribution in [3.05, 3.63) is 70.8 Å². The highest BCUT2D eigenvalue weighted by atomic mass is 19.1. The van der Waals surface area contributed by atoms with Crippen LogP contribution in [-0.4, -0.2) is 28.7 Å². The summed E-state index contributed by atoms with van der Waals surface area (Å²) in [5.41, 5.74) is 0.473. The summed E-state index contributed by atoms with van der Waals surface area (Å²) in [6, 6.07) is 8.53. The molecule has 128 valence electrons. The number of halogens is 2. The summed E-state index contributed by atoms with van der Waals surface area (Å²) in [5, 5.41) is 12.3. The first-order valence-electron chi connectivity index (χ1n) is 7.46. The number of hydrogen-bond acceptors (Lipinski definition) is 4. The summed E-state index contributed by atoms with van der Waals surface area (Å²) >= 11 is 0. The summed E-state index contributed by atoms with van der Waals surface area (Å²) in [6.07, 6.45) is -2.00. The maximum absolute atomic E-state index is 13.4. The van der Waals surface area contributed by atoms with E-state index in [1.807, 2.05) is 0 Å². The number of benzene rings is 2. The van der Waals surface area contributed by atoms with Crippen LogP contribution in [0.2, 0.25) is 0 Å². The van der Waals surface area contributed by atoms with Crippen molar-refractivity contribution in [3.63, 3.8) is 0 Å². The predicted molar refractivity (Wildman–Crippen MR) is 82.7 cm³/mol. The van der Waals surface area contributed by atoms with Crippen molar-refractivity contribution in [2.75, 3.05) is 0 Å². The van der Waals surface area contributed by atoms with Gasteiger partial charge in [0.05, 0.1) is 0 Å². The average molecular weight is 345 g/mol. The first kappa shape index (κ1) is 16.9. The van der Waals surface area contributed by atoms with Crippen LogP contribution in [0.15, 0.2) is 42.5 Å². The number of rotatable bonds is 3. The van der Waals surface area contributed by atoms with Gasteiger partial charge in [-0.3, -0.25) is 14.4 Å². The minimum absolute atomic E-state index is 0.0312. The van der Waals surface area contributed by atoms with Crippen LogP contribution in [-0.2, 0) is 16.1 Å². The zero-order valence-electron chi connectivity index (χ0n) is 12.8. The molecule has 0 saturated heterocycles. The fourth-order valence-corrected chi connectivity index (χ4v) is 2.75. The molecule has 1 aliphatic rings. The number of Topliss-reactive ketones (excluding diaryl/α,β-unsaturated/α-hetero) is 2. The predicted octanol–water partition coefficient (Wildman–Crippen LogP) is 1.49. The largest absolute Gasteiger partial charge is 0.377 e. The van der Waals surface area contributed by atoms with Gasteiger partial charge in [-0.05, 0) is 35.4 Å². The van der Waals surface area contributed by atoms with Crippen molar-refractivity contribution < 1.29 is 28.3 Å². The van der Waals surface area contributed by atoms with E-state index in [1.165, 1.54) is 30.3 Å². The summed E-state index contributed by atoms with van der Waals surface area (Å²) in [4.78, 5) is 36.6. The normalized spacial score (nSPS) is 19.5. The van der Waals surface area contributed by atoms with E-state index in [2.05, 4.69) is 5.32 Å². The molecule has 7 heteroatoms. The van der Waals surface area contributed by atoms with Gasteiger partial charge in [0.25, 0.3) is 0 Å². The number of carbonyl (C=O) groups excluding carboxylic acids is 3. The number of aliphatic hydroxyl groups is 1. The molecule has 1 aliphatic carbocycles. The Morgan fingerprint density at radius 3 is 2.36 bits per heavy atom. The Hall–Kier alpha value is -2.93. The summed E-state index contributed by atoms with van der Waals surface area (Å²) in [5.74, 6) is -5.16. The fraction of sp³-hybridized carbons (Fsp3) is 0.167. The average Bonchev–Trinajstić information content (AvgIpc) is 2.60. The second-order valence-electron chi connectivity index (χ2n) is 5.68. The molecular formula is C18H13F2NO4. The van der Waals surface area contributed by atoms with Gasteiger partial charge in [-0.2, -0.15) is 0 Å². The molecule has 0 saturated carbocycles. The number of hydrogen-bond donors (Lipinski definition) is 2. The van der Waals surface area contributed by atoms with E-state index in [9.17, 15) is 28.3 Å². The molecule has 2 N–H and O–H groups in total. The van der Waals surface area contributed by atoms with Crippen LogP contribution in [0.1, 0.15) is 27.4 Å². The maximum Gasteiger partial charge on any atom is 0.235 e. The van der Waals surface area contributed by atoms with Gasteiger partial charge in [-0.25, -0.2) is 8.78 Å². The molecule has 0 heterocycles. The molecule has 0 radical (unpaired) electrons. The van der Waals surface area contributed by atoms with Crippen LogP contribution in [0.5, 0.6) is 0 Å². The van der Waals surface area contributed by atoms with E-state index >= 15 is 0 Å². The maximum atomic E-state index is 13.4. The zero-order valence-corrected chi connectivity index (χ0v) is 12.8. The van der Waals surface area contributed by atoms with Gasteiger partial charge in [-0.1, -0.05) is 18.2 Å². The first-order valence-corrected chi connectivity index (χ1v) is 7.46. The molecule has 0 fully saturated rings. The second kappa shape index (κ2) is 6.52. The Balaban J connectivity index is 1.86. The number of nitrogens with one attached hydrogen (secondary N) is 1. The third-order valence-electron chi connectivity index (χ3n) is 4.04. The molecule has 25 heavy (non-hydrogen) atoms.